The maximum Gasteiger partial charge on any atom is 0.586 e. The number of halogens is 2. The molecule has 1 aliphatic rings. The predicted octanol–water partition coefficient (Wildman–Crippen LogP) is 2.32. The van der Waals surface area contributed by atoms with E-state index in [2.05, 4.69) is 14.5 Å². The van der Waals surface area contributed by atoms with E-state index in [0.29, 0.717) is 10.9 Å². The van der Waals surface area contributed by atoms with E-state index in [1.54, 1.807) is 6.92 Å². The van der Waals surface area contributed by atoms with Crippen molar-refractivity contribution in [1.29, 1.82) is 0 Å². The van der Waals surface area contributed by atoms with Crippen molar-refractivity contribution >= 4 is 22.6 Å². The molecule has 0 unspecified atom stereocenters. The first kappa shape index (κ1) is 13.3. The van der Waals surface area contributed by atoms with E-state index in [-0.39, 0.29) is 29.4 Å². The second-order valence-corrected chi connectivity index (χ2v) is 4.29. The van der Waals surface area contributed by atoms with Crippen molar-refractivity contribution < 1.29 is 27.8 Å². The molecule has 1 aromatic carbocycles. The third kappa shape index (κ3) is 2.18. The summed E-state index contributed by atoms with van der Waals surface area (Å²) < 4.78 is 39.6. The van der Waals surface area contributed by atoms with Gasteiger partial charge in [-0.1, -0.05) is 0 Å². The topological polar surface area (TPSA) is 83.7 Å². The zero-order valence-electron chi connectivity index (χ0n) is 10.9. The van der Waals surface area contributed by atoms with Crippen LogP contribution >= 0.6 is 0 Å². The van der Waals surface area contributed by atoms with Gasteiger partial charge in [-0.2, -0.15) is 0 Å². The molecule has 0 saturated heterocycles. The summed E-state index contributed by atoms with van der Waals surface area (Å²) in [6, 6.07) is 2.54. The highest BCUT2D eigenvalue weighted by molar-refractivity contribution is 6.04. The maximum atomic E-state index is 13.0. The van der Waals surface area contributed by atoms with Crippen molar-refractivity contribution in [2.75, 3.05) is 12.3 Å². The van der Waals surface area contributed by atoms with Gasteiger partial charge in [-0.15, -0.1) is 8.78 Å². The molecule has 2 heterocycles. The second-order valence-electron chi connectivity index (χ2n) is 4.29. The van der Waals surface area contributed by atoms with Crippen LogP contribution in [0.2, 0.25) is 0 Å². The minimum Gasteiger partial charge on any atom is -0.462 e. The standard InChI is InChI=1S/C13H10F2N2O4/c1-2-19-12(18)7-5-17-8-4-10-9(3-6(8)11(7)16)20-13(14,15)21-10/h3-5H,2H2,1H3,(H2,16,17). The lowest BCUT2D eigenvalue weighted by molar-refractivity contribution is -0.286. The summed E-state index contributed by atoms with van der Waals surface area (Å²) in [6.45, 7) is 1.84. The molecule has 0 atom stereocenters. The third-order valence-electron chi connectivity index (χ3n) is 2.93. The van der Waals surface area contributed by atoms with Gasteiger partial charge in [0.05, 0.1) is 17.8 Å². The molecule has 21 heavy (non-hydrogen) atoms. The Labute approximate surface area is 117 Å². The molecule has 0 saturated carbocycles. The van der Waals surface area contributed by atoms with Crippen LogP contribution in [0.3, 0.4) is 0 Å². The maximum absolute atomic E-state index is 13.0. The van der Waals surface area contributed by atoms with Crippen LogP contribution < -0.4 is 15.2 Å². The number of esters is 1. The lowest BCUT2D eigenvalue weighted by Gasteiger charge is -2.08. The summed E-state index contributed by atoms with van der Waals surface area (Å²) in [5.41, 5.74) is 6.34. The van der Waals surface area contributed by atoms with Crippen LogP contribution in [0.4, 0.5) is 14.5 Å². The van der Waals surface area contributed by atoms with Gasteiger partial charge < -0.3 is 19.9 Å². The van der Waals surface area contributed by atoms with Crippen LogP contribution in [-0.2, 0) is 4.74 Å². The molecule has 0 radical (unpaired) electrons. The Bertz CT molecular complexity index is 749. The van der Waals surface area contributed by atoms with E-state index < -0.39 is 12.3 Å². The molecule has 0 aliphatic carbocycles. The molecular weight excluding hydrogens is 286 g/mol. The van der Waals surface area contributed by atoms with Crippen LogP contribution in [0.15, 0.2) is 18.3 Å². The van der Waals surface area contributed by atoms with E-state index in [9.17, 15) is 13.6 Å². The first-order chi connectivity index (χ1) is 9.91. The van der Waals surface area contributed by atoms with E-state index >= 15 is 0 Å². The minimum atomic E-state index is -3.72. The summed E-state index contributed by atoms with van der Waals surface area (Å²) in [4.78, 5) is 15.7. The highest BCUT2D eigenvalue weighted by Crippen LogP contribution is 2.44. The molecule has 8 heteroatoms. The van der Waals surface area contributed by atoms with Crippen LogP contribution in [0.25, 0.3) is 10.9 Å². The number of ether oxygens (including phenoxy) is 3. The van der Waals surface area contributed by atoms with Crippen LogP contribution in [0.5, 0.6) is 11.5 Å². The van der Waals surface area contributed by atoms with Gasteiger partial charge in [-0.05, 0) is 13.0 Å². The van der Waals surface area contributed by atoms with E-state index in [1.807, 2.05) is 0 Å². The number of fused-ring (bicyclic) bond motifs is 2. The molecule has 2 aromatic rings. The van der Waals surface area contributed by atoms with Gasteiger partial charge in [-0.3, -0.25) is 4.98 Å². The monoisotopic (exact) mass is 296 g/mol. The zero-order valence-corrected chi connectivity index (χ0v) is 10.9. The largest absolute Gasteiger partial charge is 0.586 e. The molecule has 0 fully saturated rings. The Morgan fingerprint density at radius 2 is 2.05 bits per heavy atom. The molecule has 6 nitrogen and oxygen atoms in total. The number of carbonyl (C=O) groups excluding carboxylic acids is 1. The van der Waals surface area contributed by atoms with Gasteiger partial charge in [0.25, 0.3) is 0 Å². The average Bonchev–Trinajstić information content (AvgIpc) is 2.70. The fourth-order valence-corrected chi connectivity index (χ4v) is 2.03. The average molecular weight is 296 g/mol. The number of nitrogens with zero attached hydrogens (tertiary/aromatic N) is 1. The van der Waals surface area contributed by atoms with Crippen LogP contribution in [0, 0.1) is 0 Å². The highest BCUT2D eigenvalue weighted by atomic mass is 19.3. The summed E-state index contributed by atoms with van der Waals surface area (Å²) in [5, 5.41) is 0.306. The number of nitrogen functional groups attached to an aromatic ring is 1. The van der Waals surface area contributed by atoms with Crippen molar-refractivity contribution in [3.05, 3.63) is 23.9 Å². The van der Waals surface area contributed by atoms with Crippen LogP contribution in [0.1, 0.15) is 17.3 Å². The lowest BCUT2D eigenvalue weighted by Crippen LogP contribution is -2.25. The van der Waals surface area contributed by atoms with E-state index in [1.165, 1.54) is 18.3 Å². The van der Waals surface area contributed by atoms with Gasteiger partial charge in [0, 0.05) is 17.6 Å². The van der Waals surface area contributed by atoms with Crippen molar-refractivity contribution in [3.8, 4) is 11.5 Å². The quantitative estimate of drug-likeness (QED) is 0.856. The van der Waals surface area contributed by atoms with Gasteiger partial charge in [0.2, 0.25) is 0 Å². The Hall–Kier alpha value is -2.64. The number of pyridine rings is 1. The molecule has 0 amide bonds. The number of rotatable bonds is 2. The van der Waals surface area contributed by atoms with Crippen molar-refractivity contribution in [3.63, 3.8) is 0 Å². The molecular formula is C13H10F2N2O4. The Balaban J connectivity index is 2.13. The van der Waals surface area contributed by atoms with Gasteiger partial charge >= 0.3 is 12.3 Å². The molecule has 0 bridgehead atoms. The Morgan fingerprint density at radius 3 is 2.71 bits per heavy atom. The SMILES string of the molecule is CCOC(=O)c1cnc2cc3c(cc2c1N)OC(F)(F)O3. The van der Waals surface area contributed by atoms with Crippen molar-refractivity contribution in [2.45, 2.75) is 13.2 Å². The van der Waals surface area contributed by atoms with Crippen molar-refractivity contribution in [2.24, 2.45) is 0 Å². The smallest absolute Gasteiger partial charge is 0.462 e. The first-order valence-electron chi connectivity index (χ1n) is 6.06. The number of hydrogen-bond donors (Lipinski definition) is 1. The number of carbonyl (C=O) groups is 1. The second kappa shape index (κ2) is 4.44. The molecule has 1 aromatic heterocycles. The summed E-state index contributed by atoms with van der Waals surface area (Å²) in [6.07, 6.45) is -2.49. The highest BCUT2D eigenvalue weighted by Gasteiger charge is 2.43. The Morgan fingerprint density at radius 1 is 1.38 bits per heavy atom. The predicted molar refractivity (Wildman–Crippen MR) is 68.3 cm³/mol. The van der Waals surface area contributed by atoms with Gasteiger partial charge in [-0.25, -0.2) is 4.79 Å². The molecule has 110 valence electrons. The number of hydrogen-bond acceptors (Lipinski definition) is 6. The van der Waals surface area contributed by atoms with Crippen molar-refractivity contribution in [1.82, 2.24) is 4.98 Å². The van der Waals surface area contributed by atoms with E-state index in [0.717, 1.165) is 0 Å². The zero-order chi connectivity index (χ0) is 15.2. The molecule has 1 aliphatic heterocycles. The molecule has 2 N–H and O–H groups in total. The summed E-state index contributed by atoms with van der Waals surface area (Å²) in [7, 11) is 0. The minimum absolute atomic E-state index is 0.0648. The molecule has 3 rings (SSSR count). The fourth-order valence-electron chi connectivity index (χ4n) is 2.03. The number of nitrogens with two attached hydrogens (primary N) is 1. The first-order valence-corrected chi connectivity index (χ1v) is 6.06. The number of alkyl halides is 2. The van der Waals surface area contributed by atoms with Gasteiger partial charge in [0.1, 0.15) is 5.56 Å². The number of anilines is 1. The van der Waals surface area contributed by atoms with E-state index in [4.69, 9.17) is 10.5 Å². The number of benzene rings is 1. The normalized spacial score (nSPS) is 15.2. The third-order valence-corrected chi connectivity index (χ3v) is 2.93. The summed E-state index contributed by atoms with van der Waals surface area (Å²) >= 11 is 0. The molecule has 0 spiro atoms. The Kier molecular flexibility index (Phi) is 2.82. The van der Waals surface area contributed by atoms with Gasteiger partial charge in [0.15, 0.2) is 11.5 Å². The lowest BCUT2D eigenvalue weighted by atomic mass is 10.1. The fraction of sp³-hybridized carbons (Fsp3) is 0.231. The number of aromatic nitrogens is 1. The van der Waals surface area contributed by atoms with Crippen LogP contribution in [-0.4, -0.2) is 23.9 Å². The summed E-state index contributed by atoms with van der Waals surface area (Å²) in [5.74, 6) is -0.933.